The zero-order valence-electron chi connectivity index (χ0n) is 12.1. The molecule has 1 aliphatic carbocycles. The van der Waals surface area contributed by atoms with E-state index in [0.29, 0.717) is 6.54 Å². The fraction of sp³-hybridized carbons (Fsp3) is 0.625. The number of fused-ring (bicyclic) bond motifs is 1. The maximum absolute atomic E-state index is 11.0. The van der Waals surface area contributed by atoms with Gasteiger partial charge in [-0.15, -0.1) is 0 Å². The van der Waals surface area contributed by atoms with Crippen molar-refractivity contribution in [3.8, 4) is 0 Å². The molecule has 0 bridgehead atoms. The van der Waals surface area contributed by atoms with Gasteiger partial charge < -0.3 is 15.6 Å². The van der Waals surface area contributed by atoms with Gasteiger partial charge in [-0.1, -0.05) is 24.3 Å². The molecule has 0 aromatic heterocycles. The summed E-state index contributed by atoms with van der Waals surface area (Å²) in [5, 5.41) is 11.0. The van der Waals surface area contributed by atoms with E-state index in [0.717, 1.165) is 19.3 Å². The summed E-state index contributed by atoms with van der Waals surface area (Å²) in [7, 11) is 1.64. The second kappa shape index (κ2) is 5.23. The number of nitrogens with two attached hydrogens (primary N) is 1. The van der Waals surface area contributed by atoms with Gasteiger partial charge in [-0.05, 0) is 44.2 Å². The van der Waals surface area contributed by atoms with Crippen LogP contribution in [0.15, 0.2) is 24.3 Å². The van der Waals surface area contributed by atoms with E-state index in [4.69, 9.17) is 10.5 Å². The molecule has 2 rings (SSSR count). The summed E-state index contributed by atoms with van der Waals surface area (Å²) in [6.45, 7) is 4.25. The Hall–Kier alpha value is -0.900. The molecule has 19 heavy (non-hydrogen) atoms. The third-order valence-corrected chi connectivity index (χ3v) is 5.13. The predicted molar refractivity (Wildman–Crippen MR) is 77.0 cm³/mol. The molecule has 3 atom stereocenters. The zero-order valence-corrected chi connectivity index (χ0v) is 12.1. The SMILES string of the molecule is COC(C)C(C)(O)C1(CN)CCc2ccccc2C1. The van der Waals surface area contributed by atoms with Crippen LogP contribution >= 0.6 is 0 Å². The van der Waals surface area contributed by atoms with Gasteiger partial charge in [0.2, 0.25) is 0 Å². The molecular weight excluding hydrogens is 238 g/mol. The maximum atomic E-state index is 11.0. The van der Waals surface area contributed by atoms with Gasteiger partial charge >= 0.3 is 0 Å². The summed E-state index contributed by atoms with van der Waals surface area (Å²) in [5.74, 6) is 0. The molecule has 0 saturated carbocycles. The molecule has 0 aliphatic heterocycles. The lowest BCUT2D eigenvalue weighted by Gasteiger charge is -2.50. The second-order valence-corrected chi connectivity index (χ2v) is 5.96. The van der Waals surface area contributed by atoms with Crippen molar-refractivity contribution in [1.29, 1.82) is 0 Å². The van der Waals surface area contributed by atoms with Crippen molar-refractivity contribution >= 4 is 0 Å². The summed E-state index contributed by atoms with van der Waals surface area (Å²) in [6.07, 6.45) is 2.46. The van der Waals surface area contributed by atoms with E-state index in [2.05, 4.69) is 24.3 Å². The van der Waals surface area contributed by atoms with E-state index >= 15 is 0 Å². The van der Waals surface area contributed by atoms with Gasteiger partial charge in [-0.2, -0.15) is 0 Å². The highest BCUT2D eigenvalue weighted by molar-refractivity contribution is 5.32. The van der Waals surface area contributed by atoms with E-state index in [1.807, 2.05) is 13.8 Å². The number of rotatable bonds is 4. The molecule has 1 aromatic rings. The molecule has 0 radical (unpaired) electrons. The molecule has 0 spiro atoms. The van der Waals surface area contributed by atoms with Crippen LogP contribution in [0.4, 0.5) is 0 Å². The first kappa shape index (κ1) is 14.5. The highest BCUT2D eigenvalue weighted by Crippen LogP contribution is 2.45. The van der Waals surface area contributed by atoms with Crippen LogP contribution < -0.4 is 5.73 Å². The molecule has 0 heterocycles. The first-order valence-electron chi connectivity index (χ1n) is 6.99. The number of ether oxygens (including phenoxy) is 1. The first-order chi connectivity index (χ1) is 8.97. The van der Waals surface area contributed by atoms with E-state index < -0.39 is 5.60 Å². The summed E-state index contributed by atoms with van der Waals surface area (Å²) in [4.78, 5) is 0. The van der Waals surface area contributed by atoms with Gasteiger partial charge in [0.1, 0.15) is 0 Å². The van der Waals surface area contributed by atoms with E-state index in [9.17, 15) is 5.11 Å². The van der Waals surface area contributed by atoms with Crippen LogP contribution in [0, 0.1) is 5.41 Å². The maximum Gasteiger partial charge on any atom is 0.0948 e. The molecule has 0 amide bonds. The lowest BCUT2D eigenvalue weighted by Crippen LogP contribution is -2.59. The molecule has 106 valence electrons. The molecule has 3 N–H and O–H groups in total. The van der Waals surface area contributed by atoms with E-state index in [1.54, 1.807) is 7.11 Å². The van der Waals surface area contributed by atoms with Crippen LogP contribution in [0.2, 0.25) is 0 Å². The van der Waals surface area contributed by atoms with Crippen molar-refractivity contribution in [3.63, 3.8) is 0 Å². The Labute approximate surface area is 115 Å². The number of benzene rings is 1. The molecule has 0 fully saturated rings. The normalized spacial score (nSPS) is 27.4. The Morgan fingerprint density at radius 2 is 2.05 bits per heavy atom. The fourth-order valence-corrected chi connectivity index (χ4v) is 3.27. The topological polar surface area (TPSA) is 55.5 Å². The highest BCUT2D eigenvalue weighted by Gasteiger charge is 2.50. The highest BCUT2D eigenvalue weighted by atomic mass is 16.5. The summed E-state index contributed by atoms with van der Waals surface area (Å²) >= 11 is 0. The molecule has 1 aliphatic rings. The summed E-state index contributed by atoms with van der Waals surface area (Å²) in [5.41, 5.74) is 7.51. The number of aliphatic hydroxyl groups is 1. The van der Waals surface area contributed by atoms with Crippen molar-refractivity contribution in [2.24, 2.45) is 11.1 Å². The number of hydrogen-bond donors (Lipinski definition) is 2. The molecule has 0 saturated heterocycles. The predicted octanol–water partition coefficient (Wildman–Crippen LogP) is 1.91. The third-order valence-electron chi connectivity index (χ3n) is 5.13. The molecule has 3 nitrogen and oxygen atoms in total. The van der Waals surface area contributed by atoms with Crippen molar-refractivity contribution < 1.29 is 9.84 Å². The minimum absolute atomic E-state index is 0.235. The molecule has 1 aromatic carbocycles. The van der Waals surface area contributed by atoms with Gasteiger partial charge in [0.05, 0.1) is 11.7 Å². The zero-order chi connectivity index (χ0) is 14.1. The standard InChI is InChI=1S/C16H25NO2/c1-12(19-3)15(2,18)16(11-17)9-8-13-6-4-5-7-14(13)10-16/h4-7,12,18H,8-11,17H2,1-3H3. The Kier molecular flexibility index (Phi) is 4.00. The monoisotopic (exact) mass is 263 g/mol. The minimum atomic E-state index is -0.927. The van der Waals surface area contributed by atoms with Crippen molar-refractivity contribution in [2.45, 2.75) is 44.8 Å². The van der Waals surface area contributed by atoms with Crippen LogP contribution in [0.3, 0.4) is 0 Å². The average Bonchev–Trinajstić information content (AvgIpc) is 2.45. The van der Waals surface area contributed by atoms with Crippen LogP contribution in [0.1, 0.15) is 31.4 Å². The average molecular weight is 263 g/mol. The Bertz CT molecular complexity index is 444. The molecule has 3 unspecified atom stereocenters. The van der Waals surface area contributed by atoms with Crippen molar-refractivity contribution in [2.75, 3.05) is 13.7 Å². The van der Waals surface area contributed by atoms with E-state index in [-0.39, 0.29) is 11.5 Å². The summed E-state index contributed by atoms with van der Waals surface area (Å²) < 4.78 is 5.38. The lowest BCUT2D eigenvalue weighted by molar-refractivity contribution is -0.154. The van der Waals surface area contributed by atoms with Crippen LogP contribution in [-0.2, 0) is 17.6 Å². The van der Waals surface area contributed by atoms with Gasteiger partial charge in [0.25, 0.3) is 0 Å². The largest absolute Gasteiger partial charge is 0.387 e. The van der Waals surface area contributed by atoms with Gasteiger partial charge in [-0.25, -0.2) is 0 Å². The van der Waals surface area contributed by atoms with E-state index in [1.165, 1.54) is 11.1 Å². The third kappa shape index (κ3) is 2.31. The van der Waals surface area contributed by atoms with Crippen molar-refractivity contribution in [3.05, 3.63) is 35.4 Å². The number of aryl methyl sites for hydroxylation is 1. The van der Waals surface area contributed by atoms with Gasteiger partial charge in [0, 0.05) is 19.1 Å². The molecular formula is C16H25NO2. The Morgan fingerprint density at radius 3 is 2.63 bits per heavy atom. The Balaban J connectivity index is 2.36. The van der Waals surface area contributed by atoms with Gasteiger partial charge in [0.15, 0.2) is 0 Å². The fourth-order valence-electron chi connectivity index (χ4n) is 3.27. The Morgan fingerprint density at radius 1 is 1.42 bits per heavy atom. The van der Waals surface area contributed by atoms with Crippen LogP contribution in [0.25, 0.3) is 0 Å². The number of methoxy groups -OCH3 is 1. The minimum Gasteiger partial charge on any atom is -0.387 e. The van der Waals surface area contributed by atoms with Crippen LogP contribution in [-0.4, -0.2) is 30.5 Å². The quantitative estimate of drug-likeness (QED) is 0.872. The second-order valence-electron chi connectivity index (χ2n) is 5.96. The lowest BCUT2D eigenvalue weighted by atomic mass is 9.61. The molecule has 3 heteroatoms. The summed E-state index contributed by atoms with van der Waals surface area (Å²) in [6, 6.07) is 8.45. The smallest absolute Gasteiger partial charge is 0.0948 e. The number of hydrogen-bond acceptors (Lipinski definition) is 3. The first-order valence-corrected chi connectivity index (χ1v) is 6.99. The van der Waals surface area contributed by atoms with Crippen LogP contribution in [0.5, 0.6) is 0 Å². The van der Waals surface area contributed by atoms with Gasteiger partial charge in [-0.3, -0.25) is 0 Å². The van der Waals surface area contributed by atoms with Crippen molar-refractivity contribution in [1.82, 2.24) is 0 Å².